The monoisotopic (exact) mass is 444 g/mol. The van der Waals surface area contributed by atoms with Crippen LogP contribution in [0.1, 0.15) is 10.4 Å². The number of rotatable bonds is 5. The van der Waals surface area contributed by atoms with Gasteiger partial charge in [0.05, 0.1) is 4.90 Å². The molecule has 0 radical (unpaired) electrons. The number of anilines is 1. The van der Waals surface area contributed by atoms with E-state index in [-0.39, 0.29) is 10.7 Å². The van der Waals surface area contributed by atoms with Crippen LogP contribution in [0, 0.1) is 5.82 Å². The highest BCUT2D eigenvalue weighted by atomic mass is 32.2. The fraction of sp³-hybridized carbons (Fsp3) is 0.100. The molecule has 0 spiro atoms. The highest BCUT2D eigenvalue weighted by Gasteiger charge is 2.20. The number of hydrogen-bond acceptors (Lipinski definition) is 5. The van der Waals surface area contributed by atoms with Crippen LogP contribution in [0.2, 0.25) is 0 Å². The molecule has 0 bridgehead atoms. The lowest BCUT2D eigenvalue weighted by Crippen LogP contribution is -2.22. The second-order valence-corrected chi connectivity index (χ2v) is 9.66. The Morgan fingerprint density at radius 3 is 2.40 bits per heavy atom. The molecule has 0 saturated carbocycles. The fourth-order valence-electron chi connectivity index (χ4n) is 2.88. The molecule has 0 unspecified atom stereocenters. The van der Waals surface area contributed by atoms with Crippen LogP contribution < -0.4 is 5.32 Å². The van der Waals surface area contributed by atoms with Gasteiger partial charge in [-0.25, -0.2) is 22.1 Å². The first-order valence-electron chi connectivity index (χ1n) is 8.83. The van der Waals surface area contributed by atoms with Crippen molar-refractivity contribution < 1.29 is 17.6 Å². The van der Waals surface area contributed by atoms with Gasteiger partial charge in [0, 0.05) is 36.8 Å². The topological polar surface area (TPSA) is 83.8 Å². The summed E-state index contributed by atoms with van der Waals surface area (Å²) >= 11 is 1.41. The molecular weight excluding hydrogens is 427 g/mol. The Balaban J connectivity index is 1.67. The maximum Gasteiger partial charge on any atom is 0.256 e. The van der Waals surface area contributed by atoms with Gasteiger partial charge in [-0.05, 0) is 48.5 Å². The second-order valence-electron chi connectivity index (χ2n) is 6.64. The Morgan fingerprint density at radius 1 is 1.10 bits per heavy atom. The first-order valence-corrected chi connectivity index (χ1v) is 11.1. The minimum Gasteiger partial charge on any atom is -0.306 e. The Hall–Kier alpha value is -3.08. The molecule has 30 heavy (non-hydrogen) atoms. The van der Waals surface area contributed by atoms with Gasteiger partial charge in [0.25, 0.3) is 5.91 Å². The summed E-state index contributed by atoms with van der Waals surface area (Å²) in [7, 11) is -0.692. The third-order valence-corrected chi connectivity index (χ3v) is 7.09. The van der Waals surface area contributed by atoms with Crippen molar-refractivity contribution in [3.8, 4) is 11.3 Å². The molecule has 0 aliphatic rings. The molecule has 1 amide bonds. The average molecular weight is 445 g/mol. The van der Waals surface area contributed by atoms with Crippen molar-refractivity contribution in [2.45, 2.75) is 4.90 Å². The predicted molar refractivity (Wildman–Crippen MR) is 114 cm³/mol. The van der Waals surface area contributed by atoms with Crippen LogP contribution in [0.5, 0.6) is 0 Å². The molecule has 1 N–H and O–H groups in total. The van der Waals surface area contributed by atoms with E-state index in [1.807, 2.05) is 5.38 Å². The third kappa shape index (κ3) is 3.60. The van der Waals surface area contributed by atoms with Crippen molar-refractivity contribution in [1.29, 1.82) is 0 Å². The average Bonchev–Trinajstić information content (AvgIpc) is 3.31. The van der Waals surface area contributed by atoms with E-state index in [9.17, 15) is 17.6 Å². The lowest BCUT2D eigenvalue weighted by molar-refractivity contribution is 0.102. The van der Waals surface area contributed by atoms with Gasteiger partial charge in [0.15, 0.2) is 4.96 Å². The van der Waals surface area contributed by atoms with E-state index in [1.165, 1.54) is 61.8 Å². The largest absolute Gasteiger partial charge is 0.306 e. The van der Waals surface area contributed by atoms with E-state index >= 15 is 0 Å². The van der Waals surface area contributed by atoms with Gasteiger partial charge in [-0.2, -0.15) is 0 Å². The number of benzene rings is 2. The minimum atomic E-state index is -3.58. The normalized spacial score (nSPS) is 11.9. The van der Waals surface area contributed by atoms with E-state index < -0.39 is 15.9 Å². The maximum atomic E-state index is 13.3. The number of imidazole rings is 1. The number of nitrogens with one attached hydrogen (secondary N) is 1. The number of fused-ring (bicyclic) bond motifs is 1. The molecule has 0 saturated heterocycles. The van der Waals surface area contributed by atoms with Crippen molar-refractivity contribution in [2.75, 3.05) is 19.4 Å². The first kappa shape index (κ1) is 20.2. The standard InChI is InChI=1S/C20H17FN4O3S2/c1-24(2)30(27,28)16-9-5-14(6-10-16)19(26)23-18-17(13-3-7-15(21)8-4-13)22-20-25(18)11-12-29-20/h3-12H,1-2H3,(H,23,26). The first-order chi connectivity index (χ1) is 14.3. The summed E-state index contributed by atoms with van der Waals surface area (Å²) in [6.07, 6.45) is 1.78. The zero-order valence-corrected chi connectivity index (χ0v) is 17.7. The highest BCUT2D eigenvalue weighted by molar-refractivity contribution is 7.89. The van der Waals surface area contributed by atoms with Crippen LogP contribution >= 0.6 is 11.3 Å². The van der Waals surface area contributed by atoms with Crippen LogP contribution in [0.25, 0.3) is 16.2 Å². The second kappa shape index (κ2) is 7.63. The molecule has 4 aromatic rings. The molecular formula is C20H17FN4O3S2. The van der Waals surface area contributed by atoms with Gasteiger partial charge in [0.2, 0.25) is 10.0 Å². The molecule has 7 nitrogen and oxygen atoms in total. The molecule has 0 atom stereocenters. The summed E-state index contributed by atoms with van der Waals surface area (Å²) in [6, 6.07) is 11.5. The van der Waals surface area contributed by atoms with Gasteiger partial charge < -0.3 is 5.32 Å². The molecule has 4 rings (SSSR count). The van der Waals surface area contributed by atoms with Gasteiger partial charge in [-0.15, -0.1) is 11.3 Å². The number of aromatic nitrogens is 2. The summed E-state index contributed by atoms with van der Waals surface area (Å²) in [5.41, 5.74) is 1.47. The van der Waals surface area contributed by atoms with Crippen LogP contribution in [0.15, 0.2) is 65.0 Å². The summed E-state index contributed by atoms with van der Waals surface area (Å²) in [5, 5.41) is 4.69. The SMILES string of the molecule is CN(C)S(=O)(=O)c1ccc(C(=O)Nc2c(-c3ccc(F)cc3)nc3sccn23)cc1. The van der Waals surface area contributed by atoms with Gasteiger partial charge in [0.1, 0.15) is 17.3 Å². The van der Waals surface area contributed by atoms with Crippen LogP contribution in [-0.4, -0.2) is 42.1 Å². The molecule has 0 aliphatic carbocycles. The zero-order valence-electron chi connectivity index (χ0n) is 16.0. The van der Waals surface area contributed by atoms with Crippen LogP contribution in [0.3, 0.4) is 0 Å². The summed E-state index contributed by atoms with van der Waals surface area (Å²) < 4.78 is 40.6. The number of thiazole rings is 1. The smallest absolute Gasteiger partial charge is 0.256 e. The van der Waals surface area contributed by atoms with Crippen LogP contribution in [-0.2, 0) is 10.0 Å². The van der Waals surface area contributed by atoms with Crippen molar-refractivity contribution >= 4 is 38.0 Å². The quantitative estimate of drug-likeness (QED) is 0.509. The Labute approximate surface area is 176 Å². The fourth-order valence-corrected chi connectivity index (χ4v) is 4.50. The number of amides is 1. The third-order valence-electron chi connectivity index (χ3n) is 4.51. The number of carbonyl (C=O) groups is 1. The molecule has 2 aromatic heterocycles. The lowest BCUT2D eigenvalue weighted by atomic mass is 10.1. The van der Waals surface area contributed by atoms with E-state index in [2.05, 4.69) is 10.3 Å². The summed E-state index contributed by atoms with van der Waals surface area (Å²) in [6.45, 7) is 0. The number of nitrogens with zero attached hydrogens (tertiary/aromatic N) is 3. The van der Waals surface area contributed by atoms with E-state index in [0.717, 1.165) is 4.31 Å². The Kier molecular flexibility index (Phi) is 5.14. The molecule has 0 fully saturated rings. The number of sulfonamides is 1. The van der Waals surface area contributed by atoms with E-state index in [4.69, 9.17) is 0 Å². The van der Waals surface area contributed by atoms with Gasteiger partial charge in [-0.3, -0.25) is 9.20 Å². The number of halogens is 1. The molecule has 10 heteroatoms. The maximum absolute atomic E-state index is 13.3. The molecule has 2 aromatic carbocycles. The van der Waals surface area contributed by atoms with Crippen molar-refractivity contribution in [2.24, 2.45) is 0 Å². The number of hydrogen-bond donors (Lipinski definition) is 1. The Bertz CT molecular complexity index is 1320. The predicted octanol–water partition coefficient (Wildman–Crippen LogP) is 3.70. The van der Waals surface area contributed by atoms with Crippen molar-refractivity contribution in [3.05, 3.63) is 71.5 Å². The van der Waals surface area contributed by atoms with E-state index in [0.29, 0.717) is 27.6 Å². The number of carbonyl (C=O) groups excluding carboxylic acids is 1. The Morgan fingerprint density at radius 2 is 1.77 bits per heavy atom. The summed E-state index contributed by atoms with van der Waals surface area (Å²) in [5.74, 6) is -0.328. The van der Waals surface area contributed by atoms with Crippen molar-refractivity contribution in [1.82, 2.24) is 13.7 Å². The minimum absolute atomic E-state index is 0.0978. The van der Waals surface area contributed by atoms with E-state index in [1.54, 1.807) is 22.7 Å². The molecule has 2 heterocycles. The highest BCUT2D eigenvalue weighted by Crippen LogP contribution is 2.31. The summed E-state index contributed by atoms with van der Waals surface area (Å²) in [4.78, 5) is 18.2. The van der Waals surface area contributed by atoms with Crippen molar-refractivity contribution in [3.63, 3.8) is 0 Å². The zero-order chi connectivity index (χ0) is 21.5. The van der Waals surface area contributed by atoms with Gasteiger partial charge >= 0.3 is 0 Å². The lowest BCUT2D eigenvalue weighted by Gasteiger charge is -2.12. The van der Waals surface area contributed by atoms with Gasteiger partial charge in [-0.1, -0.05) is 0 Å². The van der Waals surface area contributed by atoms with Crippen LogP contribution in [0.4, 0.5) is 10.2 Å². The molecule has 0 aliphatic heterocycles. The molecule has 154 valence electrons.